The first-order chi connectivity index (χ1) is 9.28. The molecule has 1 aromatic heterocycles. The van der Waals surface area contributed by atoms with Crippen molar-refractivity contribution in [3.63, 3.8) is 0 Å². The number of benzene rings is 1. The first kappa shape index (κ1) is 13.3. The average molecular weight is 257 g/mol. The van der Waals surface area contributed by atoms with E-state index in [0.29, 0.717) is 0 Å². The zero-order valence-corrected chi connectivity index (χ0v) is 11.4. The van der Waals surface area contributed by atoms with Crippen LogP contribution in [0.4, 0.5) is 5.82 Å². The first-order valence-electron chi connectivity index (χ1n) is 6.43. The van der Waals surface area contributed by atoms with E-state index in [4.69, 9.17) is 4.74 Å². The van der Waals surface area contributed by atoms with Crippen LogP contribution in [0.3, 0.4) is 0 Å². The molecule has 0 saturated heterocycles. The van der Waals surface area contributed by atoms with Crippen molar-refractivity contribution in [2.75, 3.05) is 19.0 Å². The third-order valence-electron chi connectivity index (χ3n) is 2.84. The van der Waals surface area contributed by atoms with Crippen molar-refractivity contribution in [1.82, 2.24) is 9.97 Å². The Morgan fingerprint density at radius 2 is 2.16 bits per heavy atom. The van der Waals surface area contributed by atoms with E-state index in [-0.39, 0.29) is 0 Å². The largest absolute Gasteiger partial charge is 0.497 e. The maximum absolute atomic E-state index is 5.21. The SMILES string of the molecule is COc1cccc(CCCNc2cncc(C)n2)c1. The summed E-state index contributed by atoms with van der Waals surface area (Å²) in [5, 5.41) is 3.28. The van der Waals surface area contributed by atoms with Crippen LogP contribution in [0, 0.1) is 6.92 Å². The van der Waals surface area contributed by atoms with Gasteiger partial charge in [0.1, 0.15) is 11.6 Å². The molecule has 2 rings (SSSR count). The highest BCUT2D eigenvalue weighted by molar-refractivity contribution is 5.31. The van der Waals surface area contributed by atoms with Crippen LogP contribution >= 0.6 is 0 Å². The predicted molar refractivity (Wildman–Crippen MR) is 76.6 cm³/mol. The van der Waals surface area contributed by atoms with E-state index < -0.39 is 0 Å². The molecule has 19 heavy (non-hydrogen) atoms. The van der Waals surface area contributed by atoms with Crippen LogP contribution in [0.5, 0.6) is 5.75 Å². The normalized spacial score (nSPS) is 10.2. The Kier molecular flexibility index (Phi) is 4.72. The van der Waals surface area contributed by atoms with Crippen molar-refractivity contribution in [3.8, 4) is 5.75 Å². The number of hydrogen-bond acceptors (Lipinski definition) is 4. The summed E-state index contributed by atoms with van der Waals surface area (Å²) in [7, 11) is 1.69. The summed E-state index contributed by atoms with van der Waals surface area (Å²) in [5.74, 6) is 1.75. The van der Waals surface area contributed by atoms with E-state index in [0.717, 1.165) is 36.6 Å². The standard InChI is InChI=1S/C15H19N3O/c1-12-10-16-11-15(18-12)17-8-4-6-13-5-3-7-14(9-13)19-2/h3,5,7,9-11H,4,6,8H2,1-2H3,(H,17,18). The summed E-state index contributed by atoms with van der Waals surface area (Å²) < 4.78 is 5.21. The number of methoxy groups -OCH3 is 1. The van der Waals surface area contributed by atoms with Gasteiger partial charge in [-0.05, 0) is 37.5 Å². The third-order valence-corrected chi connectivity index (χ3v) is 2.84. The molecule has 0 aliphatic carbocycles. The summed E-state index contributed by atoms with van der Waals surface area (Å²) in [6, 6.07) is 8.18. The first-order valence-corrected chi connectivity index (χ1v) is 6.43. The topological polar surface area (TPSA) is 47.0 Å². The molecular weight excluding hydrogens is 238 g/mol. The second kappa shape index (κ2) is 6.73. The minimum absolute atomic E-state index is 0.839. The van der Waals surface area contributed by atoms with Gasteiger partial charge in [0.05, 0.1) is 19.0 Å². The monoisotopic (exact) mass is 257 g/mol. The van der Waals surface area contributed by atoms with Crippen LogP contribution in [-0.4, -0.2) is 23.6 Å². The molecule has 0 fully saturated rings. The number of aryl methyl sites for hydroxylation is 2. The number of aromatic nitrogens is 2. The molecule has 1 heterocycles. The molecule has 0 saturated carbocycles. The van der Waals surface area contributed by atoms with Gasteiger partial charge in [-0.3, -0.25) is 4.98 Å². The fraction of sp³-hybridized carbons (Fsp3) is 0.333. The van der Waals surface area contributed by atoms with Crippen LogP contribution < -0.4 is 10.1 Å². The Balaban J connectivity index is 1.77. The minimum atomic E-state index is 0.839. The van der Waals surface area contributed by atoms with Crippen molar-refractivity contribution in [2.45, 2.75) is 19.8 Å². The van der Waals surface area contributed by atoms with E-state index >= 15 is 0 Å². The van der Waals surface area contributed by atoms with E-state index in [9.17, 15) is 0 Å². The van der Waals surface area contributed by atoms with Gasteiger partial charge in [0.2, 0.25) is 0 Å². The summed E-state index contributed by atoms with van der Waals surface area (Å²) in [4.78, 5) is 8.45. The van der Waals surface area contributed by atoms with E-state index in [2.05, 4.69) is 27.4 Å². The van der Waals surface area contributed by atoms with Crippen LogP contribution in [0.15, 0.2) is 36.7 Å². The fourth-order valence-electron chi connectivity index (χ4n) is 1.89. The van der Waals surface area contributed by atoms with Crippen molar-refractivity contribution in [1.29, 1.82) is 0 Å². The van der Waals surface area contributed by atoms with Gasteiger partial charge in [0.25, 0.3) is 0 Å². The van der Waals surface area contributed by atoms with Gasteiger partial charge >= 0.3 is 0 Å². The van der Waals surface area contributed by atoms with Crippen LogP contribution in [0.25, 0.3) is 0 Å². The van der Waals surface area contributed by atoms with Gasteiger partial charge in [-0.15, -0.1) is 0 Å². The Hall–Kier alpha value is -2.10. The third kappa shape index (κ3) is 4.25. The Labute approximate surface area is 113 Å². The highest BCUT2D eigenvalue weighted by Crippen LogP contribution is 2.13. The molecule has 0 unspecified atom stereocenters. The molecular formula is C15H19N3O. The number of rotatable bonds is 6. The number of anilines is 1. The molecule has 0 radical (unpaired) electrons. The Bertz CT molecular complexity index is 528. The number of nitrogens with zero attached hydrogens (tertiary/aromatic N) is 2. The zero-order chi connectivity index (χ0) is 13.5. The highest BCUT2D eigenvalue weighted by atomic mass is 16.5. The smallest absolute Gasteiger partial charge is 0.144 e. The summed E-state index contributed by atoms with van der Waals surface area (Å²) >= 11 is 0. The average Bonchev–Trinajstić information content (AvgIpc) is 2.44. The molecule has 0 atom stereocenters. The van der Waals surface area contributed by atoms with Crippen molar-refractivity contribution in [2.24, 2.45) is 0 Å². The molecule has 0 aliphatic rings. The summed E-state index contributed by atoms with van der Waals surface area (Å²) in [6.45, 7) is 2.82. The van der Waals surface area contributed by atoms with Gasteiger partial charge < -0.3 is 10.1 Å². The number of hydrogen-bond donors (Lipinski definition) is 1. The second-order valence-electron chi connectivity index (χ2n) is 4.43. The summed E-state index contributed by atoms with van der Waals surface area (Å²) in [5.41, 5.74) is 2.22. The van der Waals surface area contributed by atoms with Gasteiger partial charge in [0.15, 0.2) is 0 Å². The molecule has 1 N–H and O–H groups in total. The molecule has 100 valence electrons. The zero-order valence-electron chi connectivity index (χ0n) is 11.4. The minimum Gasteiger partial charge on any atom is -0.497 e. The molecule has 0 spiro atoms. The number of nitrogens with one attached hydrogen (secondary N) is 1. The summed E-state index contributed by atoms with van der Waals surface area (Å²) in [6.07, 6.45) is 5.56. The van der Waals surface area contributed by atoms with E-state index in [1.165, 1.54) is 5.56 Å². The molecule has 0 amide bonds. The maximum atomic E-state index is 5.21. The Morgan fingerprint density at radius 3 is 2.95 bits per heavy atom. The molecule has 2 aromatic rings. The van der Waals surface area contributed by atoms with Crippen LogP contribution in [0.2, 0.25) is 0 Å². The lowest BCUT2D eigenvalue weighted by atomic mass is 10.1. The predicted octanol–water partition coefficient (Wildman–Crippen LogP) is 2.84. The van der Waals surface area contributed by atoms with Gasteiger partial charge in [-0.25, -0.2) is 4.98 Å². The molecule has 1 aromatic carbocycles. The number of ether oxygens (including phenoxy) is 1. The van der Waals surface area contributed by atoms with Crippen molar-refractivity contribution >= 4 is 5.82 Å². The second-order valence-corrected chi connectivity index (χ2v) is 4.43. The van der Waals surface area contributed by atoms with E-state index in [1.807, 2.05) is 19.1 Å². The van der Waals surface area contributed by atoms with Gasteiger partial charge in [0, 0.05) is 12.7 Å². The van der Waals surface area contributed by atoms with Gasteiger partial charge in [-0.2, -0.15) is 0 Å². The van der Waals surface area contributed by atoms with Crippen LogP contribution in [-0.2, 0) is 6.42 Å². The van der Waals surface area contributed by atoms with E-state index in [1.54, 1.807) is 19.5 Å². The molecule has 0 aliphatic heterocycles. The lowest BCUT2D eigenvalue weighted by Crippen LogP contribution is -2.05. The lowest BCUT2D eigenvalue weighted by molar-refractivity contribution is 0.414. The Morgan fingerprint density at radius 1 is 1.26 bits per heavy atom. The fourth-order valence-corrected chi connectivity index (χ4v) is 1.89. The van der Waals surface area contributed by atoms with Crippen molar-refractivity contribution in [3.05, 3.63) is 47.9 Å². The molecule has 0 bridgehead atoms. The maximum Gasteiger partial charge on any atom is 0.144 e. The quantitative estimate of drug-likeness (QED) is 0.808. The van der Waals surface area contributed by atoms with Crippen molar-refractivity contribution < 1.29 is 4.74 Å². The molecule has 4 nitrogen and oxygen atoms in total. The lowest BCUT2D eigenvalue weighted by Gasteiger charge is -2.07. The van der Waals surface area contributed by atoms with Crippen LogP contribution in [0.1, 0.15) is 17.7 Å². The molecule has 4 heteroatoms. The highest BCUT2D eigenvalue weighted by Gasteiger charge is 1.97. The van der Waals surface area contributed by atoms with Gasteiger partial charge in [-0.1, -0.05) is 12.1 Å².